The van der Waals surface area contributed by atoms with Gasteiger partial charge in [-0.15, -0.1) is 0 Å². The van der Waals surface area contributed by atoms with Crippen molar-refractivity contribution >= 4 is 76.1 Å². The second-order valence-electron chi connectivity index (χ2n) is 17.9. The third-order valence-electron chi connectivity index (χ3n) is 13.8. The number of furan rings is 1. The number of hydrogen-bond donors (Lipinski definition) is 0. The Bertz CT molecular complexity index is 4330. The Morgan fingerprint density at radius 2 is 0.812 bits per heavy atom. The summed E-state index contributed by atoms with van der Waals surface area (Å²) in [6.07, 6.45) is 1.94. The summed E-state index contributed by atoms with van der Waals surface area (Å²) < 4.78 is 6.51. The lowest BCUT2D eigenvalue weighted by molar-refractivity contribution is 0.669. The van der Waals surface area contributed by atoms with Gasteiger partial charge in [-0.05, 0) is 126 Å². The number of fused-ring (bicyclic) bond motifs is 12. The van der Waals surface area contributed by atoms with Gasteiger partial charge in [0.05, 0.1) is 34.3 Å². The molecule has 320 valence electrons. The van der Waals surface area contributed by atoms with E-state index in [-0.39, 0.29) is 0 Å². The quantitative estimate of drug-likeness (QED) is 0.156. The van der Waals surface area contributed by atoms with Crippen LogP contribution in [0.1, 0.15) is 0 Å². The topological polar surface area (TPSA) is 51.8 Å². The Morgan fingerprint density at radius 1 is 0.261 bits per heavy atom. The Morgan fingerprint density at radius 3 is 1.55 bits per heavy atom. The Labute approximate surface area is 397 Å². The molecule has 69 heavy (non-hydrogen) atoms. The molecule has 0 amide bonds. The number of aromatic nitrogens is 3. The molecule has 4 nitrogen and oxygen atoms in total. The lowest BCUT2D eigenvalue weighted by Crippen LogP contribution is -1.95. The summed E-state index contributed by atoms with van der Waals surface area (Å²) in [5.74, 6) is 0. The summed E-state index contributed by atoms with van der Waals surface area (Å²) in [5.41, 5.74) is 15.7. The van der Waals surface area contributed by atoms with E-state index in [4.69, 9.17) is 19.4 Å². The summed E-state index contributed by atoms with van der Waals surface area (Å²) in [6, 6.07) is 82.0. The third-order valence-corrected chi connectivity index (χ3v) is 13.8. The molecule has 0 saturated carbocycles. The van der Waals surface area contributed by atoms with E-state index in [9.17, 15) is 0 Å². The molecule has 0 radical (unpaired) electrons. The predicted molar refractivity (Wildman–Crippen MR) is 287 cm³/mol. The molecule has 14 rings (SSSR count). The number of hydrogen-bond acceptors (Lipinski definition) is 4. The van der Waals surface area contributed by atoms with Gasteiger partial charge in [0.1, 0.15) is 11.2 Å². The van der Waals surface area contributed by atoms with Crippen LogP contribution in [0.3, 0.4) is 0 Å². The molecule has 0 aliphatic heterocycles. The van der Waals surface area contributed by atoms with Gasteiger partial charge in [-0.1, -0.05) is 170 Å². The summed E-state index contributed by atoms with van der Waals surface area (Å²) in [7, 11) is 0. The van der Waals surface area contributed by atoms with Gasteiger partial charge >= 0.3 is 0 Å². The first-order valence-corrected chi connectivity index (χ1v) is 23.4. The maximum absolute atomic E-state index is 6.51. The van der Waals surface area contributed by atoms with Gasteiger partial charge in [-0.2, -0.15) is 0 Å². The maximum atomic E-state index is 6.51. The lowest BCUT2D eigenvalue weighted by atomic mass is 9.90. The smallest absolute Gasteiger partial charge is 0.136 e. The van der Waals surface area contributed by atoms with E-state index in [1.165, 1.54) is 26.9 Å². The van der Waals surface area contributed by atoms with Crippen LogP contribution >= 0.6 is 0 Å². The van der Waals surface area contributed by atoms with Crippen LogP contribution < -0.4 is 0 Å². The Balaban J connectivity index is 1.000. The van der Waals surface area contributed by atoms with Crippen molar-refractivity contribution < 1.29 is 4.42 Å². The van der Waals surface area contributed by atoms with Crippen molar-refractivity contribution in [1.29, 1.82) is 0 Å². The van der Waals surface area contributed by atoms with E-state index in [2.05, 4.69) is 224 Å². The minimum Gasteiger partial charge on any atom is -0.456 e. The molecule has 0 unspecified atom stereocenters. The summed E-state index contributed by atoms with van der Waals surface area (Å²) in [5, 5.41) is 11.5. The Hall–Kier alpha value is -9.25. The van der Waals surface area contributed by atoms with Crippen molar-refractivity contribution in [3.05, 3.63) is 237 Å². The molecule has 4 heteroatoms. The summed E-state index contributed by atoms with van der Waals surface area (Å²) >= 11 is 0. The van der Waals surface area contributed by atoms with Crippen LogP contribution in [-0.2, 0) is 0 Å². The van der Waals surface area contributed by atoms with Crippen LogP contribution in [0.2, 0.25) is 0 Å². The molecule has 0 bridgehead atoms. The van der Waals surface area contributed by atoms with Crippen molar-refractivity contribution in [3.63, 3.8) is 0 Å². The highest BCUT2D eigenvalue weighted by Gasteiger charge is 2.18. The Kier molecular flexibility index (Phi) is 8.86. The SMILES string of the molecule is c1ccc(-c2ccc3c(c2)oc2ccc(-c4cc(-c5ccccc5)nc(-c5cc(-c6cnc7c8ccccc8c8ccccc8c7n6)cc(-c6cc7ccccc7c7ccccc67)c5)c4)cc23)cc1. The molecule has 0 N–H and O–H groups in total. The predicted octanol–water partition coefficient (Wildman–Crippen LogP) is 17.5. The zero-order chi connectivity index (χ0) is 45.4. The fourth-order valence-corrected chi connectivity index (χ4v) is 10.5. The molecule has 3 aromatic heterocycles. The molecule has 11 aromatic carbocycles. The molecular formula is C65H39N3O. The molecule has 0 spiro atoms. The number of pyridine rings is 1. The average molecular weight is 878 g/mol. The molecule has 14 aromatic rings. The zero-order valence-corrected chi connectivity index (χ0v) is 37.3. The second-order valence-corrected chi connectivity index (χ2v) is 17.9. The van der Waals surface area contributed by atoms with Crippen molar-refractivity contribution in [2.75, 3.05) is 0 Å². The minimum absolute atomic E-state index is 0.795. The molecule has 0 fully saturated rings. The standard InChI is InChI=1S/C65H39N3O/c1-3-15-40(16-4-1)43-27-29-54-58-34-42(28-30-62(58)69-63(54)38-43)45-36-59(41-17-5-2-6-18-41)67-60(37-45)47-31-46(57-35-44-19-7-8-20-49(44)50-21-9-10-24-53(50)57)32-48(33-47)61-39-66-64-55-25-13-11-22-51(55)52-23-12-14-26-56(52)65(64)68-61/h1-39H. The molecule has 0 aliphatic carbocycles. The molecule has 0 atom stereocenters. The van der Waals surface area contributed by atoms with Crippen molar-refractivity contribution in [2.45, 2.75) is 0 Å². The van der Waals surface area contributed by atoms with Gasteiger partial charge < -0.3 is 4.42 Å². The first kappa shape index (κ1) is 39.0. The van der Waals surface area contributed by atoms with Gasteiger partial charge in [0.2, 0.25) is 0 Å². The number of nitrogens with zero attached hydrogens (tertiary/aromatic N) is 3. The molecule has 0 aliphatic rings. The highest BCUT2D eigenvalue weighted by molar-refractivity contribution is 6.23. The molecular weight excluding hydrogens is 839 g/mol. The molecule has 3 heterocycles. The highest BCUT2D eigenvalue weighted by Crippen LogP contribution is 2.42. The van der Waals surface area contributed by atoms with Crippen LogP contribution in [0.5, 0.6) is 0 Å². The van der Waals surface area contributed by atoms with Crippen LogP contribution in [0.25, 0.3) is 143 Å². The van der Waals surface area contributed by atoms with Crippen LogP contribution in [0.15, 0.2) is 241 Å². The highest BCUT2D eigenvalue weighted by atomic mass is 16.3. The van der Waals surface area contributed by atoms with Gasteiger partial charge in [0, 0.05) is 38.2 Å². The maximum Gasteiger partial charge on any atom is 0.136 e. The molecule has 0 saturated heterocycles. The first-order valence-electron chi connectivity index (χ1n) is 23.4. The van der Waals surface area contributed by atoms with E-state index in [0.29, 0.717) is 0 Å². The van der Waals surface area contributed by atoms with E-state index in [0.717, 1.165) is 116 Å². The average Bonchev–Trinajstić information content (AvgIpc) is 3.80. The number of benzene rings is 11. The van der Waals surface area contributed by atoms with E-state index < -0.39 is 0 Å². The van der Waals surface area contributed by atoms with E-state index in [1.807, 2.05) is 12.3 Å². The first-order chi connectivity index (χ1) is 34.2. The van der Waals surface area contributed by atoms with Crippen LogP contribution in [0.4, 0.5) is 0 Å². The van der Waals surface area contributed by atoms with Gasteiger partial charge in [-0.25, -0.2) is 9.97 Å². The summed E-state index contributed by atoms with van der Waals surface area (Å²) in [6.45, 7) is 0. The van der Waals surface area contributed by atoms with Crippen molar-refractivity contribution in [2.24, 2.45) is 0 Å². The second kappa shape index (κ2) is 15.7. The van der Waals surface area contributed by atoms with Gasteiger partial charge in [-0.3, -0.25) is 4.98 Å². The lowest BCUT2D eigenvalue weighted by Gasteiger charge is -2.16. The largest absolute Gasteiger partial charge is 0.456 e. The monoisotopic (exact) mass is 877 g/mol. The van der Waals surface area contributed by atoms with E-state index in [1.54, 1.807) is 0 Å². The fourth-order valence-electron chi connectivity index (χ4n) is 10.5. The van der Waals surface area contributed by atoms with Crippen LogP contribution in [0, 0.1) is 0 Å². The zero-order valence-electron chi connectivity index (χ0n) is 37.3. The third kappa shape index (κ3) is 6.57. The number of rotatable bonds is 6. The normalized spacial score (nSPS) is 11.8. The fraction of sp³-hybridized carbons (Fsp3) is 0. The summed E-state index contributed by atoms with van der Waals surface area (Å²) in [4.78, 5) is 16.2. The van der Waals surface area contributed by atoms with Gasteiger partial charge in [0.15, 0.2) is 0 Å². The van der Waals surface area contributed by atoms with Crippen LogP contribution in [-0.4, -0.2) is 15.0 Å². The van der Waals surface area contributed by atoms with Gasteiger partial charge in [0.25, 0.3) is 0 Å². The van der Waals surface area contributed by atoms with Crippen molar-refractivity contribution in [3.8, 4) is 67.2 Å². The minimum atomic E-state index is 0.795. The van der Waals surface area contributed by atoms with E-state index >= 15 is 0 Å². The van der Waals surface area contributed by atoms with Crippen molar-refractivity contribution in [1.82, 2.24) is 15.0 Å².